The van der Waals surface area contributed by atoms with Crippen molar-refractivity contribution in [1.82, 2.24) is 0 Å². The van der Waals surface area contributed by atoms with Gasteiger partial charge in [0.15, 0.2) is 5.78 Å². The smallest absolute Gasteiger partial charge is 0.171 e. The van der Waals surface area contributed by atoms with Crippen molar-refractivity contribution in [2.45, 2.75) is 13.8 Å². The van der Waals surface area contributed by atoms with E-state index in [-0.39, 0.29) is 23.9 Å². The van der Waals surface area contributed by atoms with Crippen molar-refractivity contribution in [2.75, 3.05) is 6.61 Å². The van der Waals surface area contributed by atoms with E-state index in [1.54, 1.807) is 6.07 Å². The first-order valence-corrected chi connectivity index (χ1v) is 4.97. The lowest BCUT2D eigenvalue weighted by atomic mass is 9.88. The Morgan fingerprint density at radius 1 is 1.40 bits per heavy atom. The van der Waals surface area contributed by atoms with Crippen LogP contribution in [0.4, 0.5) is 4.39 Å². The maximum Gasteiger partial charge on any atom is 0.171 e. The number of ketones is 1. The van der Waals surface area contributed by atoms with Crippen molar-refractivity contribution in [2.24, 2.45) is 11.8 Å². The van der Waals surface area contributed by atoms with Gasteiger partial charge in [0.25, 0.3) is 0 Å². The SMILES string of the molecule is CC(C)C(CO)C(=O)c1ccccc1F. The minimum Gasteiger partial charge on any atom is -0.396 e. The van der Waals surface area contributed by atoms with Crippen molar-refractivity contribution < 1.29 is 14.3 Å². The van der Waals surface area contributed by atoms with Crippen LogP contribution in [0.2, 0.25) is 0 Å². The van der Waals surface area contributed by atoms with Gasteiger partial charge in [0, 0.05) is 5.92 Å². The standard InChI is InChI=1S/C12H15FO2/c1-8(2)10(7-14)12(15)9-5-3-4-6-11(9)13/h3-6,8,10,14H,7H2,1-2H3. The molecule has 1 unspecified atom stereocenters. The molecule has 2 nitrogen and oxygen atoms in total. The number of benzene rings is 1. The van der Waals surface area contributed by atoms with Crippen LogP contribution >= 0.6 is 0 Å². The summed E-state index contributed by atoms with van der Waals surface area (Å²) in [6.45, 7) is 3.42. The lowest BCUT2D eigenvalue weighted by Gasteiger charge is -2.16. The molecule has 0 amide bonds. The van der Waals surface area contributed by atoms with Gasteiger partial charge < -0.3 is 5.11 Å². The Kier molecular flexibility index (Phi) is 3.97. The minimum absolute atomic E-state index is 0.00195. The van der Waals surface area contributed by atoms with Crippen LogP contribution in [0.5, 0.6) is 0 Å². The van der Waals surface area contributed by atoms with Crippen LogP contribution in [0, 0.1) is 17.7 Å². The first-order chi connectivity index (χ1) is 7.07. The molecule has 1 N–H and O–H groups in total. The molecule has 1 aromatic carbocycles. The van der Waals surface area contributed by atoms with E-state index in [1.807, 2.05) is 13.8 Å². The van der Waals surface area contributed by atoms with Gasteiger partial charge in [0.05, 0.1) is 12.2 Å². The second-order valence-electron chi connectivity index (χ2n) is 3.88. The Bertz CT molecular complexity index is 347. The van der Waals surface area contributed by atoms with E-state index in [4.69, 9.17) is 5.11 Å². The molecule has 1 aromatic rings. The first kappa shape index (κ1) is 11.9. The van der Waals surface area contributed by atoms with Crippen molar-refractivity contribution in [3.8, 4) is 0 Å². The molecule has 0 spiro atoms. The zero-order valence-electron chi connectivity index (χ0n) is 8.90. The predicted molar refractivity (Wildman–Crippen MR) is 56.1 cm³/mol. The molecule has 3 heteroatoms. The van der Waals surface area contributed by atoms with Gasteiger partial charge in [-0.05, 0) is 18.1 Å². The van der Waals surface area contributed by atoms with Crippen LogP contribution in [0.25, 0.3) is 0 Å². The Hall–Kier alpha value is -1.22. The van der Waals surface area contributed by atoms with E-state index >= 15 is 0 Å². The number of aliphatic hydroxyl groups is 1. The number of halogens is 1. The molecule has 0 aliphatic heterocycles. The summed E-state index contributed by atoms with van der Waals surface area (Å²) in [5.41, 5.74) is 0.0604. The fraction of sp³-hybridized carbons (Fsp3) is 0.417. The highest BCUT2D eigenvalue weighted by Gasteiger charge is 2.24. The van der Waals surface area contributed by atoms with Crippen molar-refractivity contribution in [3.05, 3.63) is 35.6 Å². The highest BCUT2D eigenvalue weighted by atomic mass is 19.1. The second-order valence-corrected chi connectivity index (χ2v) is 3.88. The molecule has 0 radical (unpaired) electrons. The third-order valence-corrected chi connectivity index (χ3v) is 2.48. The van der Waals surface area contributed by atoms with Crippen LogP contribution in [-0.4, -0.2) is 17.5 Å². The summed E-state index contributed by atoms with van der Waals surface area (Å²) in [5, 5.41) is 9.08. The molecular weight excluding hydrogens is 195 g/mol. The molecule has 82 valence electrons. The molecule has 0 aromatic heterocycles. The highest BCUT2D eigenvalue weighted by molar-refractivity contribution is 5.98. The van der Waals surface area contributed by atoms with E-state index < -0.39 is 11.7 Å². The number of hydrogen-bond acceptors (Lipinski definition) is 2. The lowest BCUT2D eigenvalue weighted by Crippen LogP contribution is -2.24. The molecule has 0 aliphatic carbocycles. The number of carbonyl (C=O) groups excluding carboxylic acids is 1. The predicted octanol–water partition coefficient (Wildman–Crippen LogP) is 2.27. The minimum atomic E-state index is -0.526. The first-order valence-electron chi connectivity index (χ1n) is 4.97. The summed E-state index contributed by atoms with van der Waals surface area (Å²) in [7, 11) is 0. The normalized spacial score (nSPS) is 12.9. The average molecular weight is 210 g/mol. The average Bonchev–Trinajstić information content (AvgIpc) is 2.18. The van der Waals surface area contributed by atoms with Crippen LogP contribution < -0.4 is 0 Å². The van der Waals surface area contributed by atoms with Crippen molar-refractivity contribution >= 4 is 5.78 Å². The van der Waals surface area contributed by atoms with Gasteiger partial charge in [0.2, 0.25) is 0 Å². The number of aliphatic hydroxyl groups excluding tert-OH is 1. The fourth-order valence-corrected chi connectivity index (χ4v) is 1.46. The van der Waals surface area contributed by atoms with E-state index in [0.29, 0.717) is 0 Å². The molecule has 0 bridgehead atoms. The third-order valence-electron chi connectivity index (χ3n) is 2.48. The summed E-state index contributed by atoms with van der Waals surface area (Å²) < 4.78 is 13.3. The van der Waals surface area contributed by atoms with Crippen LogP contribution in [0.1, 0.15) is 24.2 Å². The Morgan fingerprint density at radius 2 is 2.00 bits per heavy atom. The molecule has 0 saturated carbocycles. The summed E-state index contributed by atoms with van der Waals surface area (Å²) >= 11 is 0. The largest absolute Gasteiger partial charge is 0.396 e. The van der Waals surface area contributed by atoms with Gasteiger partial charge >= 0.3 is 0 Å². The highest BCUT2D eigenvalue weighted by Crippen LogP contribution is 2.18. The molecule has 1 atom stereocenters. The van der Waals surface area contributed by atoms with E-state index in [9.17, 15) is 9.18 Å². The molecule has 1 rings (SSSR count). The Labute approximate surface area is 88.7 Å². The molecule has 0 saturated heterocycles. The third kappa shape index (κ3) is 2.63. The lowest BCUT2D eigenvalue weighted by molar-refractivity contribution is 0.0802. The fourth-order valence-electron chi connectivity index (χ4n) is 1.46. The van der Waals surface area contributed by atoms with Gasteiger partial charge in [0.1, 0.15) is 5.82 Å². The number of hydrogen-bond donors (Lipinski definition) is 1. The molecule has 0 aliphatic rings. The van der Waals surface area contributed by atoms with Gasteiger partial charge in [-0.15, -0.1) is 0 Å². The van der Waals surface area contributed by atoms with E-state index in [0.717, 1.165) is 0 Å². The quantitative estimate of drug-likeness (QED) is 0.774. The number of rotatable bonds is 4. The molecule has 15 heavy (non-hydrogen) atoms. The van der Waals surface area contributed by atoms with Crippen LogP contribution in [0.15, 0.2) is 24.3 Å². The summed E-state index contributed by atoms with van der Waals surface area (Å²) in [5.74, 6) is -1.38. The summed E-state index contributed by atoms with van der Waals surface area (Å²) in [6.07, 6.45) is 0. The monoisotopic (exact) mass is 210 g/mol. The zero-order valence-corrected chi connectivity index (χ0v) is 8.90. The summed E-state index contributed by atoms with van der Waals surface area (Å²) in [6, 6.07) is 5.85. The van der Waals surface area contributed by atoms with Gasteiger partial charge in [-0.25, -0.2) is 4.39 Å². The maximum atomic E-state index is 13.3. The molecular formula is C12H15FO2. The van der Waals surface area contributed by atoms with Crippen LogP contribution in [0.3, 0.4) is 0 Å². The zero-order chi connectivity index (χ0) is 11.4. The van der Waals surface area contributed by atoms with E-state index in [1.165, 1.54) is 18.2 Å². The Balaban J connectivity index is 2.98. The van der Waals surface area contributed by atoms with Crippen LogP contribution in [-0.2, 0) is 0 Å². The van der Waals surface area contributed by atoms with Gasteiger partial charge in [-0.2, -0.15) is 0 Å². The summed E-state index contributed by atoms with van der Waals surface area (Å²) in [4.78, 5) is 11.8. The van der Waals surface area contributed by atoms with Gasteiger partial charge in [-0.1, -0.05) is 26.0 Å². The molecule has 0 heterocycles. The topological polar surface area (TPSA) is 37.3 Å². The van der Waals surface area contributed by atoms with E-state index in [2.05, 4.69) is 0 Å². The second kappa shape index (κ2) is 5.03. The number of carbonyl (C=O) groups is 1. The van der Waals surface area contributed by atoms with Crippen molar-refractivity contribution in [1.29, 1.82) is 0 Å². The maximum absolute atomic E-state index is 13.3. The van der Waals surface area contributed by atoms with Crippen molar-refractivity contribution in [3.63, 3.8) is 0 Å². The Morgan fingerprint density at radius 3 is 2.47 bits per heavy atom. The molecule has 0 fully saturated rings. The number of Topliss-reactive ketones (excluding diaryl/α,β-unsaturated/α-hetero) is 1. The van der Waals surface area contributed by atoms with Gasteiger partial charge in [-0.3, -0.25) is 4.79 Å².